The summed E-state index contributed by atoms with van der Waals surface area (Å²) in [5, 5.41) is 0. The minimum absolute atomic E-state index is 0. The number of rotatable bonds is 4. The highest BCUT2D eigenvalue weighted by Gasteiger charge is 2.03. The molecule has 4 rings (SSSR count). The molecule has 2 aromatic carbocycles. The van der Waals surface area contributed by atoms with Crippen molar-refractivity contribution < 1.29 is 43.4 Å². The van der Waals surface area contributed by atoms with Crippen molar-refractivity contribution in [1.29, 1.82) is 0 Å². The van der Waals surface area contributed by atoms with Crippen LogP contribution in [0.1, 0.15) is 0 Å². The zero-order chi connectivity index (χ0) is 19.6. The van der Waals surface area contributed by atoms with E-state index in [-0.39, 0.29) is 24.8 Å². The Bertz CT molecular complexity index is 882. The third kappa shape index (κ3) is 7.07. The number of methoxy groups -OCH3 is 2. The summed E-state index contributed by atoms with van der Waals surface area (Å²) >= 11 is 0. The Kier molecular flexibility index (Phi) is 11.0. The molecule has 0 radical (unpaired) electrons. The predicted molar refractivity (Wildman–Crippen MR) is 109 cm³/mol. The highest BCUT2D eigenvalue weighted by molar-refractivity contribution is 5.32. The van der Waals surface area contributed by atoms with Gasteiger partial charge in [-0.2, -0.15) is 9.13 Å². The van der Waals surface area contributed by atoms with Crippen molar-refractivity contribution in [3.63, 3.8) is 0 Å². The molecule has 156 valence electrons. The minimum atomic E-state index is 0. The van der Waals surface area contributed by atoms with Crippen LogP contribution in [0.15, 0.2) is 110 Å². The molecule has 6 heteroatoms. The number of aromatic nitrogens is 2. The summed E-state index contributed by atoms with van der Waals surface area (Å²) in [4.78, 5) is 0. The third-order valence-corrected chi connectivity index (χ3v) is 4.17. The van der Waals surface area contributed by atoms with Gasteiger partial charge in [-0.15, -0.1) is 0 Å². The second-order valence-electron chi connectivity index (χ2n) is 5.96. The van der Waals surface area contributed by atoms with Crippen LogP contribution in [0.5, 0.6) is 11.5 Å². The van der Waals surface area contributed by atoms with Crippen LogP contribution in [-0.2, 0) is 0 Å². The Balaban J connectivity index is 0.000000281. The molecule has 0 saturated heterocycles. The summed E-state index contributed by atoms with van der Waals surface area (Å²) in [6, 6.07) is 27.9. The van der Waals surface area contributed by atoms with Crippen molar-refractivity contribution in [2.24, 2.45) is 0 Å². The van der Waals surface area contributed by atoms with E-state index in [1.807, 2.05) is 110 Å². The van der Waals surface area contributed by atoms with Crippen LogP contribution in [0.3, 0.4) is 0 Å². The van der Waals surface area contributed by atoms with Gasteiger partial charge in [0.05, 0.1) is 14.2 Å². The molecule has 0 atom stereocenters. The number of benzene rings is 2. The normalized spacial score (nSPS) is 9.13. The fourth-order valence-corrected chi connectivity index (χ4v) is 2.65. The molecule has 0 aliphatic rings. The van der Waals surface area contributed by atoms with Crippen LogP contribution in [0.25, 0.3) is 11.4 Å². The van der Waals surface area contributed by atoms with E-state index < -0.39 is 0 Å². The minimum Gasteiger partial charge on any atom is -1.00 e. The van der Waals surface area contributed by atoms with Gasteiger partial charge in [0.2, 0.25) is 11.4 Å². The van der Waals surface area contributed by atoms with Crippen molar-refractivity contribution in [1.82, 2.24) is 0 Å². The molecule has 0 aliphatic carbocycles. The average molecular weight is 443 g/mol. The van der Waals surface area contributed by atoms with E-state index in [9.17, 15) is 0 Å². The summed E-state index contributed by atoms with van der Waals surface area (Å²) in [6.45, 7) is 0. The van der Waals surface area contributed by atoms with Crippen LogP contribution >= 0.6 is 0 Å². The Morgan fingerprint density at radius 2 is 0.767 bits per heavy atom. The molecule has 4 aromatic rings. The molecule has 0 bridgehead atoms. The van der Waals surface area contributed by atoms with Crippen LogP contribution in [0.4, 0.5) is 0 Å². The van der Waals surface area contributed by atoms with Gasteiger partial charge in [0, 0.05) is 48.5 Å². The van der Waals surface area contributed by atoms with Gasteiger partial charge < -0.3 is 34.3 Å². The van der Waals surface area contributed by atoms with Gasteiger partial charge >= 0.3 is 0 Å². The van der Waals surface area contributed by atoms with E-state index in [4.69, 9.17) is 9.47 Å². The second kappa shape index (κ2) is 13.2. The molecule has 0 saturated carbocycles. The quantitative estimate of drug-likeness (QED) is 0.340. The van der Waals surface area contributed by atoms with E-state index in [1.54, 1.807) is 14.2 Å². The lowest BCUT2D eigenvalue weighted by Crippen LogP contribution is -3.00. The van der Waals surface area contributed by atoms with E-state index in [2.05, 4.69) is 9.13 Å². The lowest BCUT2D eigenvalue weighted by molar-refractivity contribution is -0.596. The number of halogens is 2. The van der Waals surface area contributed by atoms with Gasteiger partial charge in [0.25, 0.3) is 0 Å². The fraction of sp³-hybridized carbons (Fsp3) is 0.0833. The molecule has 2 aromatic heterocycles. The highest BCUT2D eigenvalue weighted by Crippen LogP contribution is 2.11. The average Bonchev–Trinajstić information content (AvgIpc) is 2.81. The van der Waals surface area contributed by atoms with Crippen LogP contribution in [-0.4, -0.2) is 14.2 Å². The van der Waals surface area contributed by atoms with Crippen molar-refractivity contribution in [3.8, 4) is 22.9 Å². The first-order chi connectivity index (χ1) is 13.8. The molecule has 0 aliphatic heterocycles. The fourth-order valence-electron chi connectivity index (χ4n) is 2.65. The number of pyridine rings is 2. The smallest absolute Gasteiger partial charge is 0.210 e. The molecule has 0 spiro atoms. The third-order valence-electron chi connectivity index (χ3n) is 4.17. The van der Waals surface area contributed by atoms with Crippen molar-refractivity contribution in [2.45, 2.75) is 0 Å². The molecule has 0 N–H and O–H groups in total. The maximum atomic E-state index is 5.10. The standard InChI is InChI=1S/2C12H12NO.2ClH/c2*1-14-12-7-5-11(6-8-12)13-9-3-2-4-10-13;;/h2*2-10H,1H3;2*1H/q2*+1;;/p-2. The van der Waals surface area contributed by atoms with Crippen LogP contribution in [0.2, 0.25) is 0 Å². The Labute approximate surface area is 190 Å². The summed E-state index contributed by atoms with van der Waals surface area (Å²) in [5.74, 6) is 1.76. The largest absolute Gasteiger partial charge is 1.00 e. The Morgan fingerprint density at radius 3 is 1.03 bits per heavy atom. The van der Waals surface area contributed by atoms with E-state index in [0.29, 0.717) is 0 Å². The molecular formula is C24H24Cl2N2O2. The van der Waals surface area contributed by atoms with Gasteiger partial charge in [-0.3, -0.25) is 0 Å². The summed E-state index contributed by atoms with van der Waals surface area (Å²) in [5.41, 5.74) is 2.26. The van der Waals surface area contributed by atoms with Crippen LogP contribution < -0.4 is 43.4 Å². The zero-order valence-corrected chi connectivity index (χ0v) is 18.4. The van der Waals surface area contributed by atoms with Gasteiger partial charge in [0.1, 0.15) is 11.5 Å². The molecule has 0 unspecified atom stereocenters. The van der Waals surface area contributed by atoms with Crippen LogP contribution in [0, 0.1) is 0 Å². The van der Waals surface area contributed by atoms with E-state index >= 15 is 0 Å². The topological polar surface area (TPSA) is 26.2 Å². The molecular weight excluding hydrogens is 419 g/mol. The van der Waals surface area contributed by atoms with Gasteiger partial charge in [-0.25, -0.2) is 0 Å². The second-order valence-corrected chi connectivity index (χ2v) is 5.96. The molecule has 0 fully saturated rings. The first-order valence-corrected chi connectivity index (χ1v) is 9.01. The van der Waals surface area contributed by atoms with E-state index in [0.717, 1.165) is 22.9 Å². The predicted octanol–water partition coefficient (Wildman–Crippen LogP) is -2.05. The molecule has 4 nitrogen and oxygen atoms in total. The zero-order valence-electron chi connectivity index (χ0n) is 16.9. The number of nitrogens with zero attached hydrogens (tertiary/aromatic N) is 2. The van der Waals surface area contributed by atoms with Gasteiger partial charge in [-0.05, 0) is 24.3 Å². The number of hydrogen-bond acceptors (Lipinski definition) is 2. The lowest BCUT2D eigenvalue weighted by Gasteiger charge is -1.98. The maximum Gasteiger partial charge on any atom is 0.210 e. The maximum absolute atomic E-state index is 5.10. The number of hydrogen-bond donors (Lipinski definition) is 0. The van der Waals surface area contributed by atoms with Gasteiger partial charge in [-0.1, -0.05) is 12.1 Å². The first-order valence-electron chi connectivity index (χ1n) is 9.01. The highest BCUT2D eigenvalue weighted by atomic mass is 35.5. The lowest BCUT2D eigenvalue weighted by atomic mass is 10.3. The van der Waals surface area contributed by atoms with Gasteiger partial charge in [0.15, 0.2) is 24.8 Å². The summed E-state index contributed by atoms with van der Waals surface area (Å²) in [6.07, 6.45) is 8.06. The SMILES string of the molecule is COc1ccc(-[n+]2ccccc2)cc1.COc1ccc(-[n+]2ccccc2)cc1.[Cl-].[Cl-]. The number of ether oxygens (including phenoxy) is 2. The Morgan fingerprint density at radius 1 is 0.467 bits per heavy atom. The van der Waals surface area contributed by atoms with Crippen molar-refractivity contribution in [2.75, 3.05) is 14.2 Å². The van der Waals surface area contributed by atoms with Crippen molar-refractivity contribution in [3.05, 3.63) is 110 Å². The summed E-state index contributed by atoms with van der Waals surface area (Å²) in [7, 11) is 3.34. The monoisotopic (exact) mass is 442 g/mol. The summed E-state index contributed by atoms with van der Waals surface area (Å²) < 4.78 is 14.3. The first kappa shape index (κ1) is 25.0. The Hall–Kier alpha value is -3.08. The molecule has 30 heavy (non-hydrogen) atoms. The molecule has 0 amide bonds. The van der Waals surface area contributed by atoms with Crippen molar-refractivity contribution >= 4 is 0 Å². The van der Waals surface area contributed by atoms with E-state index in [1.165, 1.54) is 0 Å². The molecule has 2 heterocycles.